The summed E-state index contributed by atoms with van der Waals surface area (Å²) >= 11 is 5.80. The molecule has 2 nitrogen and oxygen atoms in total. The molecule has 0 fully saturated rings. The van der Waals surface area contributed by atoms with Crippen LogP contribution in [0.5, 0.6) is 0 Å². The first-order chi connectivity index (χ1) is 5.20. The molecule has 0 saturated heterocycles. The topological polar surface area (TPSA) is 26.3 Å². The van der Waals surface area contributed by atoms with Crippen LogP contribution in [0.25, 0.3) is 0 Å². The summed E-state index contributed by atoms with van der Waals surface area (Å²) in [6.45, 7) is 4.26. The van der Waals surface area contributed by atoms with Crippen LogP contribution >= 0.6 is 11.6 Å². The number of carbonyl (C=O) groups excluding carboxylic acids is 1. The molecule has 0 heterocycles. The van der Waals surface area contributed by atoms with Crippen molar-refractivity contribution >= 4 is 17.6 Å². The Kier molecular flexibility index (Phi) is 6.33. The zero-order valence-electron chi connectivity index (χ0n) is 7.10. The van der Waals surface area contributed by atoms with E-state index < -0.39 is 0 Å². The summed E-state index contributed by atoms with van der Waals surface area (Å²) in [6.07, 6.45) is 2.06. The van der Waals surface area contributed by atoms with Gasteiger partial charge in [0.05, 0.1) is 6.61 Å². The molecule has 0 radical (unpaired) electrons. The van der Waals surface area contributed by atoms with Crippen LogP contribution < -0.4 is 0 Å². The lowest BCUT2D eigenvalue weighted by Gasteiger charge is -2.04. The first kappa shape index (κ1) is 10.8. The molecule has 0 aliphatic heterocycles. The van der Waals surface area contributed by atoms with Crippen molar-refractivity contribution in [2.45, 2.75) is 38.5 Å². The Morgan fingerprint density at radius 3 is 2.64 bits per heavy atom. The normalized spacial score (nSPS) is 12.6. The summed E-state index contributed by atoms with van der Waals surface area (Å²) in [5, 5.41) is 0.111. The highest BCUT2D eigenvalue weighted by atomic mass is 35.5. The highest BCUT2D eigenvalue weighted by molar-refractivity contribution is 6.20. The van der Waals surface area contributed by atoms with Crippen molar-refractivity contribution in [1.29, 1.82) is 0 Å². The summed E-state index contributed by atoms with van der Waals surface area (Å²) in [5.41, 5.74) is 0. The lowest BCUT2D eigenvalue weighted by atomic mass is 10.2. The van der Waals surface area contributed by atoms with E-state index in [-0.39, 0.29) is 11.3 Å². The van der Waals surface area contributed by atoms with Gasteiger partial charge in [0, 0.05) is 11.8 Å². The van der Waals surface area contributed by atoms with Gasteiger partial charge in [-0.3, -0.25) is 4.79 Å². The van der Waals surface area contributed by atoms with Gasteiger partial charge in [-0.1, -0.05) is 6.92 Å². The van der Waals surface area contributed by atoms with E-state index in [4.69, 9.17) is 16.3 Å². The maximum absolute atomic E-state index is 10.8. The van der Waals surface area contributed by atoms with Crippen molar-refractivity contribution in [3.8, 4) is 0 Å². The molecule has 0 aromatic heterocycles. The Labute approximate surface area is 72.9 Å². The number of hydrogen-bond acceptors (Lipinski definition) is 2. The molecular formula is C8H15ClO2. The van der Waals surface area contributed by atoms with Gasteiger partial charge in [-0.15, -0.1) is 11.6 Å². The van der Waals surface area contributed by atoms with Crippen molar-refractivity contribution in [2.24, 2.45) is 0 Å². The summed E-state index contributed by atoms with van der Waals surface area (Å²) in [5.74, 6) is -0.147. The number of carbonyl (C=O) groups is 1. The number of hydrogen-bond donors (Lipinski definition) is 0. The van der Waals surface area contributed by atoms with Gasteiger partial charge in [0.2, 0.25) is 0 Å². The number of halogens is 1. The van der Waals surface area contributed by atoms with E-state index in [1.165, 1.54) is 0 Å². The molecule has 0 saturated carbocycles. The van der Waals surface area contributed by atoms with Gasteiger partial charge in [-0.25, -0.2) is 0 Å². The first-order valence-corrected chi connectivity index (χ1v) is 4.44. The average molecular weight is 179 g/mol. The van der Waals surface area contributed by atoms with Crippen molar-refractivity contribution in [3.63, 3.8) is 0 Å². The summed E-state index contributed by atoms with van der Waals surface area (Å²) in [6, 6.07) is 0. The maximum atomic E-state index is 10.8. The third-order valence-electron chi connectivity index (χ3n) is 1.41. The molecule has 1 unspecified atom stereocenters. The van der Waals surface area contributed by atoms with Gasteiger partial charge in [-0.05, 0) is 19.8 Å². The van der Waals surface area contributed by atoms with Crippen LogP contribution in [0.1, 0.15) is 33.1 Å². The number of rotatable bonds is 5. The lowest BCUT2D eigenvalue weighted by Crippen LogP contribution is -2.07. The fourth-order valence-corrected chi connectivity index (χ4v) is 0.821. The molecular weight excluding hydrogens is 164 g/mol. The van der Waals surface area contributed by atoms with Crippen molar-refractivity contribution in [1.82, 2.24) is 0 Å². The Morgan fingerprint density at radius 2 is 2.18 bits per heavy atom. The monoisotopic (exact) mass is 178 g/mol. The minimum atomic E-state index is -0.147. The molecule has 1 atom stereocenters. The summed E-state index contributed by atoms with van der Waals surface area (Å²) in [4.78, 5) is 10.8. The van der Waals surface area contributed by atoms with E-state index >= 15 is 0 Å². The van der Waals surface area contributed by atoms with Crippen molar-refractivity contribution < 1.29 is 9.53 Å². The van der Waals surface area contributed by atoms with Gasteiger partial charge in [-0.2, -0.15) is 0 Å². The zero-order valence-corrected chi connectivity index (χ0v) is 7.86. The molecule has 0 rings (SSSR count). The molecule has 0 aliphatic rings. The van der Waals surface area contributed by atoms with Crippen LogP contribution in [-0.2, 0) is 9.53 Å². The van der Waals surface area contributed by atoms with E-state index in [0.717, 1.165) is 12.8 Å². The van der Waals surface area contributed by atoms with Crippen LogP contribution in [0.3, 0.4) is 0 Å². The molecule has 0 amide bonds. The second kappa shape index (κ2) is 6.47. The molecule has 0 N–H and O–H groups in total. The second-order valence-electron chi connectivity index (χ2n) is 2.35. The van der Waals surface area contributed by atoms with Crippen LogP contribution in [-0.4, -0.2) is 18.0 Å². The molecule has 66 valence electrons. The predicted octanol–water partition coefficient (Wildman–Crippen LogP) is 2.35. The molecule has 0 bridgehead atoms. The van der Waals surface area contributed by atoms with Crippen LogP contribution in [0.4, 0.5) is 0 Å². The Morgan fingerprint density at radius 1 is 1.55 bits per heavy atom. The Bertz CT molecular complexity index is 115. The summed E-state index contributed by atoms with van der Waals surface area (Å²) < 4.78 is 4.74. The van der Waals surface area contributed by atoms with E-state index in [9.17, 15) is 4.79 Å². The lowest BCUT2D eigenvalue weighted by molar-refractivity contribution is -0.143. The van der Waals surface area contributed by atoms with Crippen molar-refractivity contribution in [3.05, 3.63) is 0 Å². The highest BCUT2D eigenvalue weighted by Crippen LogP contribution is 2.09. The number of ether oxygens (including phenoxy) is 1. The van der Waals surface area contributed by atoms with E-state index in [2.05, 4.69) is 0 Å². The minimum absolute atomic E-state index is 0.111. The van der Waals surface area contributed by atoms with E-state index in [1.54, 1.807) is 6.92 Å². The molecule has 11 heavy (non-hydrogen) atoms. The van der Waals surface area contributed by atoms with E-state index in [0.29, 0.717) is 13.0 Å². The van der Waals surface area contributed by atoms with Gasteiger partial charge < -0.3 is 4.74 Å². The van der Waals surface area contributed by atoms with Crippen LogP contribution in [0.2, 0.25) is 0 Å². The molecule has 0 aliphatic carbocycles. The van der Waals surface area contributed by atoms with Gasteiger partial charge in [0.25, 0.3) is 0 Å². The summed E-state index contributed by atoms with van der Waals surface area (Å²) in [7, 11) is 0. The Balaban J connectivity index is 3.30. The van der Waals surface area contributed by atoms with E-state index in [1.807, 2.05) is 6.92 Å². The van der Waals surface area contributed by atoms with Crippen LogP contribution in [0.15, 0.2) is 0 Å². The number of alkyl halides is 1. The fourth-order valence-electron chi connectivity index (χ4n) is 0.712. The minimum Gasteiger partial charge on any atom is -0.466 e. The second-order valence-corrected chi connectivity index (χ2v) is 2.97. The molecule has 0 aromatic carbocycles. The smallest absolute Gasteiger partial charge is 0.305 e. The SMILES string of the molecule is CCOC(=O)CCC(Cl)CC. The van der Waals surface area contributed by atoms with Gasteiger partial charge in [0.1, 0.15) is 0 Å². The van der Waals surface area contributed by atoms with Crippen molar-refractivity contribution in [2.75, 3.05) is 6.61 Å². The fraction of sp³-hybridized carbons (Fsp3) is 0.875. The largest absolute Gasteiger partial charge is 0.466 e. The Hall–Kier alpha value is -0.240. The molecule has 3 heteroatoms. The van der Waals surface area contributed by atoms with Gasteiger partial charge in [0.15, 0.2) is 0 Å². The third kappa shape index (κ3) is 6.17. The highest BCUT2D eigenvalue weighted by Gasteiger charge is 2.06. The standard InChI is InChI=1S/C8H15ClO2/c1-3-7(9)5-6-8(10)11-4-2/h7H,3-6H2,1-2H3. The first-order valence-electron chi connectivity index (χ1n) is 4.00. The maximum Gasteiger partial charge on any atom is 0.305 e. The quantitative estimate of drug-likeness (QED) is 0.477. The predicted molar refractivity (Wildman–Crippen MR) is 45.8 cm³/mol. The van der Waals surface area contributed by atoms with Crippen LogP contribution in [0, 0.1) is 0 Å². The van der Waals surface area contributed by atoms with Gasteiger partial charge >= 0.3 is 5.97 Å². The molecule has 0 aromatic rings. The zero-order chi connectivity index (χ0) is 8.69. The average Bonchev–Trinajstić information content (AvgIpc) is 2.01. The molecule has 0 spiro atoms. The third-order valence-corrected chi connectivity index (χ3v) is 1.94. The number of esters is 1.